The molecule has 0 atom stereocenters. The lowest BCUT2D eigenvalue weighted by atomic mass is 10.2. The number of aromatic nitrogens is 3. The summed E-state index contributed by atoms with van der Waals surface area (Å²) in [6.45, 7) is 2.07. The molecule has 4 aromatic rings. The highest BCUT2D eigenvalue weighted by molar-refractivity contribution is 7.89. The molecule has 142 valence electrons. The third-order valence-electron chi connectivity index (χ3n) is 4.16. The first-order chi connectivity index (χ1) is 13.5. The van der Waals surface area contributed by atoms with Crippen molar-refractivity contribution in [3.8, 4) is 0 Å². The molecule has 0 aliphatic carbocycles. The van der Waals surface area contributed by atoms with Crippen molar-refractivity contribution in [3.63, 3.8) is 0 Å². The zero-order chi connectivity index (χ0) is 19.6. The third-order valence-corrected chi connectivity index (χ3v) is 5.38. The molecule has 0 unspecified atom stereocenters. The standard InChI is InChI=1S/C19H17N5O3S/c1-14-8-10-15(11-9-14)28(25,26)23-21-17(19-7-4-12-27-19)13-24-18-6-3-2-5-16(18)20-22-24/h2-12,23H,13H2,1H3/b21-17-. The van der Waals surface area contributed by atoms with Crippen LogP contribution >= 0.6 is 0 Å². The number of hydrazone groups is 1. The van der Waals surface area contributed by atoms with E-state index in [1.807, 2.05) is 31.2 Å². The van der Waals surface area contributed by atoms with Gasteiger partial charge >= 0.3 is 0 Å². The first-order valence-corrected chi connectivity index (χ1v) is 9.98. The molecule has 0 bridgehead atoms. The SMILES string of the molecule is Cc1ccc(S(=O)(=O)N/N=C(/Cn2nnc3ccccc32)c2ccco2)cc1. The highest BCUT2D eigenvalue weighted by Crippen LogP contribution is 2.13. The number of fused-ring (bicyclic) bond motifs is 1. The number of para-hydroxylation sites is 1. The topological polar surface area (TPSA) is 102 Å². The van der Waals surface area contributed by atoms with Gasteiger partial charge in [-0.15, -0.1) is 5.10 Å². The van der Waals surface area contributed by atoms with Crippen molar-refractivity contribution >= 4 is 26.8 Å². The molecular formula is C19H17N5O3S. The number of nitrogens with one attached hydrogen (secondary N) is 1. The van der Waals surface area contributed by atoms with Gasteiger partial charge in [0.05, 0.1) is 23.2 Å². The number of furan rings is 1. The van der Waals surface area contributed by atoms with E-state index >= 15 is 0 Å². The van der Waals surface area contributed by atoms with Gasteiger partial charge in [0.25, 0.3) is 10.0 Å². The van der Waals surface area contributed by atoms with Crippen molar-refractivity contribution < 1.29 is 12.8 Å². The van der Waals surface area contributed by atoms with Gasteiger partial charge < -0.3 is 4.42 Å². The molecule has 0 saturated carbocycles. The molecule has 1 N–H and O–H groups in total. The van der Waals surface area contributed by atoms with Gasteiger partial charge in [0.1, 0.15) is 11.2 Å². The van der Waals surface area contributed by atoms with Crippen LogP contribution in [-0.4, -0.2) is 29.1 Å². The Labute approximate surface area is 161 Å². The molecule has 0 radical (unpaired) electrons. The van der Waals surface area contributed by atoms with Crippen molar-refractivity contribution in [3.05, 3.63) is 78.3 Å². The average molecular weight is 395 g/mol. The highest BCUT2D eigenvalue weighted by Gasteiger charge is 2.16. The van der Waals surface area contributed by atoms with E-state index in [0.717, 1.165) is 16.6 Å². The van der Waals surface area contributed by atoms with Crippen LogP contribution in [0.4, 0.5) is 0 Å². The minimum absolute atomic E-state index is 0.131. The first kappa shape index (κ1) is 17.9. The van der Waals surface area contributed by atoms with Crippen LogP contribution in [0.1, 0.15) is 11.3 Å². The predicted molar refractivity (Wildman–Crippen MR) is 104 cm³/mol. The number of nitrogens with zero attached hydrogens (tertiary/aromatic N) is 4. The summed E-state index contributed by atoms with van der Waals surface area (Å²) in [4.78, 5) is 2.41. The number of sulfonamides is 1. The van der Waals surface area contributed by atoms with E-state index in [1.54, 1.807) is 28.9 Å². The van der Waals surface area contributed by atoms with Gasteiger partial charge in [-0.25, -0.2) is 4.68 Å². The summed E-state index contributed by atoms with van der Waals surface area (Å²) in [5, 5.41) is 12.3. The van der Waals surface area contributed by atoms with E-state index < -0.39 is 10.0 Å². The Morgan fingerprint density at radius 1 is 1.11 bits per heavy atom. The van der Waals surface area contributed by atoms with Crippen LogP contribution < -0.4 is 4.83 Å². The van der Waals surface area contributed by atoms with Crippen molar-refractivity contribution in [1.82, 2.24) is 19.8 Å². The molecule has 0 saturated heterocycles. The van der Waals surface area contributed by atoms with Gasteiger partial charge in [0.2, 0.25) is 0 Å². The molecule has 0 aliphatic heterocycles. The number of aryl methyl sites for hydroxylation is 1. The second kappa shape index (κ2) is 7.28. The maximum absolute atomic E-state index is 12.5. The van der Waals surface area contributed by atoms with E-state index in [9.17, 15) is 8.42 Å². The second-order valence-corrected chi connectivity index (χ2v) is 7.84. The molecule has 2 aromatic heterocycles. The predicted octanol–water partition coefficient (Wildman–Crippen LogP) is 2.72. The summed E-state index contributed by atoms with van der Waals surface area (Å²) in [6, 6.07) is 17.4. The largest absolute Gasteiger partial charge is 0.463 e. The van der Waals surface area contributed by atoms with Crippen molar-refractivity contribution in [2.45, 2.75) is 18.4 Å². The number of hydrogen-bond acceptors (Lipinski definition) is 6. The smallest absolute Gasteiger partial charge is 0.276 e. The van der Waals surface area contributed by atoms with Gasteiger partial charge in [0, 0.05) is 0 Å². The van der Waals surface area contributed by atoms with Gasteiger partial charge in [-0.3, -0.25) is 0 Å². The minimum atomic E-state index is -3.81. The second-order valence-electron chi connectivity index (χ2n) is 6.18. The summed E-state index contributed by atoms with van der Waals surface area (Å²) in [5.74, 6) is 0.436. The maximum Gasteiger partial charge on any atom is 0.276 e. The van der Waals surface area contributed by atoms with Crippen LogP contribution in [0.15, 0.2) is 81.3 Å². The molecule has 0 fully saturated rings. The van der Waals surface area contributed by atoms with Crippen molar-refractivity contribution in [2.24, 2.45) is 5.10 Å². The molecule has 0 aliphatic rings. The van der Waals surface area contributed by atoms with E-state index in [4.69, 9.17) is 4.42 Å². The Balaban J connectivity index is 1.66. The van der Waals surface area contributed by atoms with Crippen LogP contribution in [-0.2, 0) is 16.6 Å². The van der Waals surface area contributed by atoms with E-state index in [2.05, 4.69) is 20.2 Å². The first-order valence-electron chi connectivity index (χ1n) is 8.50. The molecule has 28 heavy (non-hydrogen) atoms. The molecule has 2 aromatic carbocycles. The number of benzene rings is 2. The Bertz CT molecular complexity index is 1230. The van der Waals surface area contributed by atoms with E-state index in [-0.39, 0.29) is 11.4 Å². The Morgan fingerprint density at radius 3 is 2.64 bits per heavy atom. The van der Waals surface area contributed by atoms with Gasteiger partial charge in [-0.05, 0) is 43.3 Å². The van der Waals surface area contributed by atoms with Crippen LogP contribution in [0.5, 0.6) is 0 Å². The fourth-order valence-electron chi connectivity index (χ4n) is 2.67. The molecule has 8 nitrogen and oxygen atoms in total. The summed E-state index contributed by atoms with van der Waals surface area (Å²) < 4.78 is 32.1. The quantitative estimate of drug-likeness (QED) is 0.399. The summed E-state index contributed by atoms with van der Waals surface area (Å²) in [6.07, 6.45) is 1.50. The summed E-state index contributed by atoms with van der Waals surface area (Å²) in [7, 11) is -3.81. The molecule has 4 rings (SSSR count). The number of rotatable bonds is 6. The van der Waals surface area contributed by atoms with Crippen molar-refractivity contribution in [2.75, 3.05) is 0 Å². The lowest BCUT2D eigenvalue weighted by molar-refractivity contribution is 0.550. The zero-order valence-corrected chi connectivity index (χ0v) is 15.8. The highest BCUT2D eigenvalue weighted by atomic mass is 32.2. The summed E-state index contributed by atoms with van der Waals surface area (Å²) >= 11 is 0. The monoisotopic (exact) mass is 395 g/mol. The van der Waals surface area contributed by atoms with Gasteiger partial charge in [-0.1, -0.05) is 35.0 Å². The van der Waals surface area contributed by atoms with Crippen LogP contribution in [0.2, 0.25) is 0 Å². The number of hydrogen-bond donors (Lipinski definition) is 1. The normalized spacial score (nSPS) is 12.4. The Hall–Kier alpha value is -3.46. The Kier molecular flexibility index (Phi) is 4.66. The average Bonchev–Trinajstić information content (AvgIpc) is 3.36. The Morgan fingerprint density at radius 2 is 1.89 bits per heavy atom. The molecular weight excluding hydrogens is 378 g/mol. The van der Waals surface area contributed by atoms with Gasteiger partial charge in [-0.2, -0.15) is 18.4 Å². The minimum Gasteiger partial charge on any atom is -0.463 e. The van der Waals surface area contributed by atoms with Crippen molar-refractivity contribution in [1.29, 1.82) is 0 Å². The van der Waals surface area contributed by atoms with Crippen LogP contribution in [0, 0.1) is 6.92 Å². The van der Waals surface area contributed by atoms with Crippen LogP contribution in [0.3, 0.4) is 0 Å². The lowest BCUT2D eigenvalue weighted by Crippen LogP contribution is -2.23. The van der Waals surface area contributed by atoms with E-state index in [0.29, 0.717) is 11.5 Å². The molecule has 0 spiro atoms. The van der Waals surface area contributed by atoms with Crippen LogP contribution in [0.25, 0.3) is 11.0 Å². The molecule has 2 heterocycles. The summed E-state index contributed by atoms with van der Waals surface area (Å²) in [5.41, 5.74) is 2.89. The third kappa shape index (κ3) is 3.65. The maximum atomic E-state index is 12.5. The zero-order valence-electron chi connectivity index (χ0n) is 15.0. The molecule has 0 amide bonds. The fourth-order valence-corrected chi connectivity index (χ4v) is 3.50. The fraction of sp³-hybridized carbons (Fsp3) is 0.105. The van der Waals surface area contributed by atoms with Gasteiger partial charge in [0.15, 0.2) is 5.76 Å². The van der Waals surface area contributed by atoms with E-state index in [1.165, 1.54) is 18.4 Å². The lowest BCUT2D eigenvalue weighted by Gasteiger charge is -2.08. The molecule has 9 heteroatoms.